The van der Waals surface area contributed by atoms with Gasteiger partial charge in [-0.1, -0.05) is 11.6 Å². The summed E-state index contributed by atoms with van der Waals surface area (Å²) in [4.78, 5) is 47.6. The molecule has 1 fully saturated rings. The van der Waals surface area contributed by atoms with Crippen molar-refractivity contribution < 1.29 is 19.1 Å². The fourth-order valence-corrected chi connectivity index (χ4v) is 4.07. The molecular formula is C27H27ClN6O4. The van der Waals surface area contributed by atoms with E-state index < -0.39 is 11.5 Å². The Hall–Kier alpha value is -4.31. The average Bonchev–Trinajstić information content (AvgIpc) is 2.92. The number of amides is 2. The molecule has 3 aromatic rings. The molecule has 0 bridgehead atoms. The zero-order chi connectivity index (χ0) is 27.3. The highest BCUT2D eigenvalue weighted by Gasteiger charge is 2.35. The van der Waals surface area contributed by atoms with Crippen LogP contribution in [0.15, 0.2) is 66.0 Å². The van der Waals surface area contributed by atoms with E-state index in [1.54, 1.807) is 67.3 Å². The van der Waals surface area contributed by atoms with Crippen molar-refractivity contribution in [1.82, 2.24) is 20.3 Å². The number of ether oxygens (including phenoxy) is 1. The molecule has 1 aliphatic rings. The summed E-state index contributed by atoms with van der Waals surface area (Å²) in [7, 11) is 0. The van der Waals surface area contributed by atoms with Crippen molar-refractivity contribution in [3.8, 4) is 5.75 Å². The first-order chi connectivity index (χ1) is 18.1. The number of hydrazone groups is 1. The highest BCUT2D eigenvalue weighted by molar-refractivity contribution is 6.30. The number of carbonyl (C=O) groups is 3. The van der Waals surface area contributed by atoms with Crippen molar-refractivity contribution in [2.24, 2.45) is 5.10 Å². The lowest BCUT2D eigenvalue weighted by Crippen LogP contribution is -2.51. The van der Waals surface area contributed by atoms with Gasteiger partial charge in [0.1, 0.15) is 5.75 Å². The number of benzene rings is 2. The lowest BCUT2D eigenvalue weighted by Gasteiger charge is -2.34. The monoisotopic (exact) mass is 534 g/mol. The fourth-order valence-electron chi connectivity index (χ4n) is 3.95. The van der Waals surface area contributed by atoms with Crippen LogP contribution in [0.3, 0.4) is 0 Å². The molecule has 1 saturated heterocycles. The number of nitrogen functional groups attached to an aromatic ring is 1. The first-order valence-corrected chi connectivity index (χ1v) is 12.3. The van der Waals surface area contributed by atoms with Gasteiger partial charge in [0, 0.05) is 60.2 Å². The third kappa shape index (κ3) is 6.33. The van der Waals surface area contributed by atoms with E-state index in [0.717, 1.165) is 5.71 Å². The average molecular weight is 535 g/mol. The number of aromatic nitrogens is 2. The van der Waals surface area contributed by atoms with E-state index in [1.807, 2.05) is 0 Å². The molecule has 0 aliphatic carbocycles. The molecule has 1 aromatic heterocycles. The zero-order valence-corrected chi connectivity index (χ0v) is 21.7. The third-order valence-electron chi connectivity index (χ3n) is 6.00. The van der Waals surface area contributed by atoms with Crippen molar-refractivity contribution in [3.63, 3.8) is 0 Å². The second-order valence-corrected chi connectivity index (χ2v) is 9.61. The number of halogens is 1. The lowest BCUT2D eigenvalue weighted by molar-refractivity contribution is -0.145. The van der Waals surface area contributed by atoms with Crippen LogP contribution in [0.1, 0.15) is 53.1 Å². The van der Waals surface area contributed by atoms with E-state index in [4.69, 9.17) is 22.1 Å². The van der Waals surface area contributed by atoms with Gasteiger partial charge >= 0.3 is 0 Å². The highest BCUT2D eigenvalue weighted by Crippen LogP contribution is 2.23. The van der Waals surface area contributed by atoms with Gasteiger partial charge in [-0.3, -0.25) is 14.4 Å². The predicted molar refractivity (Wildman–Crippen MR) is 143 cm³/mol. The van der Waals surface area contributed by atoms with Crippen molar-refractivity contribution in [2.75, 3.05) is 18.8 Å². The Kier molecular flexibility index (Phi) is 8.02. The van der Waals surface area contributed by atoms with Crippen LogP contribution in [0, 0.1) is 0 Å². The van der Waals surface area contributed by atoms with E-state index in [9.17, 15) is 14.4 Å². The van der Waals surface area contributed by atoms with Crippen LogP contribution in [-0.4, -0.2) is 56.9 Å². The number of anilines is 1. The third-order valence-corrected chi connectivity index (χ3v) is 6.25. The van der Waals surface area contributed by atoms with E-state index in [2.05, 4.69) is 20.5 Å². The number of nitrogens with one attached hydrogen (secondary N) is 1. The molecule has 38 heavy (non-hydrogen) atoms. The normalized spacial score (nSPS) is 13.6. The first-order valence-electron chi connectivity index (χ1n) is 11.9. The number of ketones is 1. The number of nitrogens with two attached hydrogens (primary N) is 1. The molecule has 2 heterocycles. The topological polar surface area (TPSA) is 140 Å². The van der Waals surface area contributed by atoms with Crippen LogP contribution in [0.5, 0.6) is 5.75 Å². The Morgan fingerprint density at radius 3 is 2.16 bits per heavy atom. The fraction of sp³-hybridized carbons (Fsp3) is 0.259. The molecule has 0 spiro atoms. The molecule has 10 nitrogen and oxygen atoms in total. The van der Waals surface area contributed by atoms with E-state index >= 15 is 0 Å². The van der Waals surface area contributed by atoms with Crippen LogP contribution < -0.4 is 15.9 Å². The van der Waals surface area contributed by atoms with E-state index in [0.29, 0.717) is 47.8 Å². The van der Waals surface area contributed by atoms with Crippen LogP contribution in [0.2, 0.25) is 5.02 Å². The summed E-state index contributed by atoms with van der Waals surface area (Å²) >= 11 is 5.90. The maximum atomic E-state index is 13.2. The number of carbonyl (C=O) groups excluding carboxylic acids is 3. The molecule has 3 N–H and O–H groups in total. The zero-order valence-electron chi connectivity index (χ0n) is 21.0. The predicted octanol–water partition coefficient (Wildman–Crippen LogP) is 3.51. The molecule has 1 aliphatic heterocycles. The Morgan fingerprint density at radius 2 is 1.55 bits per heavy atom. The van der Waals surface area contributed by atoms with Crippen LogP contribution in [0.25, 0.3) is 0 Å². The Balaban J connectivity index is 1.31. The Labute approximate surface area is 224 Å². The van der Waals surface area contributed by atoms with Crippen LogP contribution in [-0.2, 0) is 4.79 Å². The van der Waals surface area contributed by atoms with Gasteiger partial charge in [-0.25, -0.2) is 15.4 Å². The second-order valence-electron chi connectivity index (χ2n) is 9.17. The van der Waals surface area contributed by atoms with E-state index in [-0.39, 0.29) is 23.2 Å². The smallest absolute Gasteiger partial charge is 0.293 e. The van der Waals surface area contributed by atoms with Crippen LogP contribution >= 0.6 is 11.6 Å². The summed E-state index contributed by atoms with van der Waals surface area (Å²) < 4.78 is 6.01. The van der Waals surface area contributed by atoms with Crippen molar-refractivity contribution in [3.05, 3.63) is 82.8 Å². The molecule has 4 rings (SSSR count). The van der Waals surface area contributed by atoms with Gasteiger partial charge in [-0.2, -0.15) is 5.10 Å². The maximum absolute atomic E-state index is 13.2. The molecule has 0 atom stereocenters. The van der Waals surface area contributed by atoms with Gasteiger partial charge in [0.2, 0.25) is 0 Å². The number of piperidine rings is 1. The van der Waals surface area contributed by atoms with Crippen molar-refractivity contribution in [2.45, 2.75) is 32.3 Å². The Morgan fingerprint density at radius 1 is 0.974 bits per heavy atom. The summed E-state index contributed by atoms with van der Waals surface area (Å²) in [6, 6.07) is 13.4. The minimum atomic E-state index is -1.13. The second kappa shape index (κ2) is 11.4. The minimum absolute atomic E-state index is 0.00531. The van der Waals surface area contributed by atoms with Gasteiger partial charge in [-0.05, 0) is 62.4 Å². The van der Waals surface area contributed by atoms with Crippen molar-refractivity contribution >= 4 is 40.7 Å². The molecule has 2 amide bonds. The molecule has 0 saturated carbocycles. The first kappa shape index (κ1) is 26.7. The number of hydrogen-bond donors (Lipinski definition) is 2. The number of likely N-dealkylation sites (tertiary alicyclic amines) is 1. The molecule has 196 valence electrons. The quantitative estimate of drug-likeness (QED) is 0.349. The number of hydrogen-bond acceptors (Lipinski definition) is 8. The highest BCUT2D eigenvalue weighted by atomic mass is 35.5. The summed E-state index contributed by atoms with van der Waals surface area (Å²) in [5, 5.41) is 4.72. The van der Waals surface area contributed by atoms with Crippen LogP contribution in [0.4, 0.5) is 5.82 Å². The summed E-state index contributed by atoms with van der Waals surface area (Å²) in [6.07, 6.45) is 3.77. The van der Waals surface area contributed by atoms with Crippen molar-refractivity contribution in [1.29, 1.82) is 0 Å². The van der Waals surface area contributed by atoms with Gasteiger partial charge in [0.25, 0.3) is 11.8 Å². The van der Waals surface area contributed by atoms with E-state index in [1.165, 1.54) is 12.4 Å². The standard InChI is InChI=1S/C27H27ClN6O4/c1-27(2,38-21-9-5-18(6-10-21)23(35)17-3-7-19(28)8-4-17)26(37)34-15-11-20(12-16-34)32-33-25(36)22-24(29)31-14-13-30-22/h3-10,13-14H,11-12,15-16H2,1-2H3,(H2,29,31)(H,33,36). The minimum Gasteiger partial charge on any atom is -0.478 e. The largest absolute Gasteiger partial charge is 0.478 e. The molecule has 0 radical (unpaired) electrons. The SMILES string of the molecule is CC(C)(Oc1ccc(C(=O)c2ccc(Cl)cc2)cc1)C(=O)N1CCC(=NNC(=O)c2nccnc2N)CC1. The van der Waals surface area contributed by atoms with Gasteiger partial charge < -0.3 is 15.4 Å². The van der Waals surface area contributed by atoms with Gasteiger partial charge in [-0.15, -0.1) is 0 Å². The molecule has 0 unspecified atom stereocenters. The summed E-state index contributed by atoms with van der Waals surface area (Å²) in [5.41, 5.74) is 8.78. The number of rotatable bonds is 7. The number of nitrogens with zero attached hydrogens (tertiary/aromatic N) is 4. The maximum Gasteiger partial charge on any atom is 0.293 e. The molecule has 2 aromatic carbocycles. The molecule has 11 heteroatoms. The van der Waals surface area contributed by atoms with Gasteiger partial charge in [0.05, 0.1) is 0 Å². The molecular weight excluding hydrogens is 508 g/mol. The van der Waals surface area contributed by atoms with Gasteiger partial charge in [0.15, 0.2) is 22.9 Å². The summed E-state index contributed by atoms with van der Waals surface area (Å²) in [6.45, 7) is 4.28. The Bertz CT molecular complexity index is 1360. The lowest BCUT2D eigenvalue weighted by atomic mass is 10.0. The summed E-state index contributed by atoms with van der Waals surface area (Å²) in [5.74, 6) is -0.353.